The molecule has 1 amide bonds. The number of carbonyl (C=O) groups excluding carboxylic acids is 1. The minimum atomic E-state index is -0.406. The Morgan fingerprint density at radius 2 is 1.96 bits per heavy atom. The van der Waals surface area contributed by atoms with E-state index in [1.54, 1.807) is 19.4 Å². The lowest BCUT2D eigenvalue weighted by molar-refractivity contribution is -0.117. The first kappa shape index (κ1) is 18.9. The second-order valence-corrected chi connectivity index (χ2v) is 6.09. The van der Waals surface area contributed by atoms with Crippen molar-refractivity contribution in [3.05, 3.63) is 77.5 Å². The van der Waals surface area contributed by atoms with E-state index in [1.807, 2.05) is 60.7 Å². The third-order valence-corrected chi connectivity index (χ3v) is 4.25. The zero-order valence-electron chi connectivity index (χ0n) is 15.5. The van der Waals surface area contributed by atoms with Crippen molar-refractivity contribution in [1.29, 1.82) is 5.26 Å². The summed E-state index contributed by atoms with van der Waals surface area (Å²) in [7, 11) is 1.62. The summed E-state index contributed by atoms with van der Waals surface area (Å²) >= 11 is 0. The Morgan fingerprint density at radius 1 is 1.21 bits per heavy atom. The molecule has 0 unspecified atom stereocenters. The first-order valence-electron chi connectivity index (χ1n) is 8.83. The molecule has 0 saturated heterocycles. The minimum absolute atomic E-state index is 0.0355. The Bertz CT molecular complexity index is 999. The molecular formula is C22H20N4O2. The van der Waals surface area contributed by atoms with Gasteiger partial charge in [-0.05, 0) is 30.2 Å². The normalized spacial score (nSPS) is 10.9. The Hall–Kier alpha value is -3.85. The van der Waals surface area contributed by atoms with E-state index in [9.17, 15) is 10.1 Å². The van der Waals surface area contributed by atoms with Crippen molar-refractivity contribution in [2.24, 2.45) is 0 Å². The van der Waals surface area contributed by atoms with Crippen LogP contribution in [-0.2, 0) is 11.2 Å². The van der Waals surface area contributed by atoms with Crippen molar-refractivity contribution in [3.8, 4) is 23.1 Å². The van der Waals surface area contributed by atoms with Crippen molar-refractivity contribution < 1.29 is 9.53 Å². The third-order valence-electron chi connectivity index (χ3n) is 4.25. The van der Waals surface area contributed by atoms with Crippen LogP contribution >= 0.6 is 0 Å². The van der Waals surface area contributed by atoms with E-state index in [2.05, 4.69) is 15.5 Å². The molecule has 0 aliphatic carbocycles. The van der Waals surface area contributed by atoms with Gasteiger partial charge >= 0.3 is 0 Å². The average Bonchev–Trinajstić information content (AvgIpc) is 3.21. The molecule has 0 radical (unpaired) electrons. The van der Waals surface area contributed by atoms with Gasteiger partial charge in [0.15, 0.2) is 0 Å². The molecular weight excluding hydrogens is 352 g/mol. The summed E-state index contributed by atoms with van der Waals surface area (Å²) in [6.45, 7) is 0.432. The summed E-state index contributed by atoms with van der Waals surface area (Å²) in [6.07, 6.45) is 3.81. The van der Waals surface area contributed by atoms with Crippen molar-refractivity contribution in [3.63, 3.8) is 0 Å². The van der Waals surface area contributed by atoms with Crippen LogP contribution in [0.5, 0.6) is 5.75 Å². The van der Waals surface area contributed by atoms with Crippen LogP contribution in [0.15, 0.2) is 66.4 Å². The first-order valence-corrected chi connectivity index (χ1v) is 8.83. The highest BCUT2D eigenvalue weighted by atomic mass is 16.5. The molecule has 3 rings (SSSR count). The van der Waals surface area contributed by atoms with E-state index in [1.165, 1.54) is 0 Å². The van der Waals surface area contributed by atoms with Gasteiger partial charge in [-0.25, -0.2) is 0 Å². The topological polar surface area (TPSA) is 90.8 Å². The quantitative estimate of drug-likeness (QED) is 0.491. The van der Waals surface area contributed by atoms with Crippen LogP contribution in [-0.4, -0.2) is 29.8 Å². The molecule has 0 bridgehead atoms. The molecule has 1 aromatic heterocycles. The highest BCUT2D eigenvalue weighted by Crippen LogP contribution is 2.22. The zero-order valence-corrected chi connectivity index (χ0v) is 15.5. The number of methoxy groups -OCH3 is 1. The standard InChI is InChI=1S/C22H20N4O2/c1-28-20-9-7-16(8-10-20)11-12-24-22(27)18(14-23)13-19-15-25-26-21(19)17-5-3-2-4-6-17/h2-10,13,15H,11-12H2,1H3,(H,24,27)(H,25,26)/b18-13+. The summed E-state index contributed by atoms with van der Waals surface area (Å²) < 4.78 is 5.13. The predicted molar refractivity (Wildman–Crippen MR) is 107 cm³/mol. The SMILES string of the molecule is COc1ccc(CCNC(=O)/C(C#N)=C/c2cn[nH]c2-c2ccccc2)cc1. The number of aromatic amines is 1. The molecule has 0 atom stereocenters. The number of H-pyrrole nitrogens is 1. The van der Waals surface area contributed by atoms with Crippen LogP contribution < -0.4 is 10.1 Å². The van der Waals surface area contributed by atoms with Crippen molar-refractivity contribution in [1.82, 2.24) is 15.5 Å². The number of rotatable bonds is 7. The van der Waals surface area contributed by atoms with Crippen LogP contribution in [0.2, 0.25) is 0 Å². The number of nitriles is 1. The third kappa shape index (κ3) is 4.65. The molecule has 0 aliphatic heterocycles. The van der Waals surface area contributed by atoms with E-state index in [0.717, 1.165) is 22.6 Å². The number of ether oxygens (including phenoxy) is 1. The molecule has 0 saturated carbocycles. The lowest BCUT2D eigenvalue weighted by atomic mass is 10.1. The fourth-order valence-electron chi connectivity index (χ4n) is 2.75. The highest BCUT2D eigenvalue weighted by Gasteiger charge is 2.12. The van der Waals surface area contributed by atoms with E-state index in [4.69, 9.17) is 4.74 Å². The van der Waals surface area contributed by atoms with E-state index in [0.29, 0.717) is 18.5 Å². The lowest BCUT2D eigenvalue weighted by Crippen LogP contribution is -2.26. The van der Waals surface area contributed by atoms with Crippen LogP contribution in [0.1, 0.15) is 11.1 Å². The second-order valence-electron chi connectivity index (χ2n) is 6.09. The number of nitrogens with one attached hydrogen (secondary N) is 2. The van der Waals surface area contributed by atoms with Gasteiger partial charge in [0.1, 0.15) is 17.4 Å². The molecule has 0 aliphatic rings. The molecule has 2 aromatic carbocycles. The highest BCUT2D eigenvalue weighted by molar-refractivity contribution is 6.02. The van der Waals surface area contributed by atoms with Gasteiger partial charge in [-0.3, -0.25) is 9.89 Å². The number of amides is 1. The summed E-state index contributed by atoms with van der Waals surface area (Å²) in [5.41, 5.74) is 3.49. The molecule has 140 valence electrons. The lowest BCUT2D eigenvalue weighted by Gasteiger charge is -2.06. The Morgan fingerprint density at radius 3 is 2.64 bits per heavy atom. The maximum atomic E-state index is 12.4. The van der Waals surface area contributed by atoms with Gasteiger partial charge in [0.25, 0.3) is 5.91 Å². The molecule has 0 fully saturated rings. The Kier molecular flexibility index (Phi) is 6.21. The molecule has 28 heavy (non-hydrogen) atoms. The molecule has 2 N–H and O–H groups in total. The molecule has 3 aromatic rings. The Balaban J connectivity index is 1.65. The maximum absolute atomic E-state index is 12.4. The molecule has 1 heterocycles. The summed E-state index contributed by atoms with van der Waals surface area (Å²) in [4.78, 5) is 12.4. The largest absolute Gasteiger partial charge is 0.497 e. The number of benzene rings is 2. The predicted octanol–water partition coefficient (Wildman–Crippen LogP) is 3.35. The number of nitrogens with zero attached hydrogens (tertiary/aromatic N) is 2. The molecule has 0 spiro atoms. The summed E-state index contributed by atoms with van der Waals surface area (Å²) in [5, 5.41) is 19.2. The zero-order chi connectivity index (χ0) is 19.8. The second kappa shape index (κ2) is 9.19. The molecule has 6 heteroatoms. The van der Waals surface area contributed by atoms with Gasteiger partial charge in [-0.2, -0.15) is 10.4 Å². The first-order chi connectivity index (χ1) is 13.7. The fourth-order valence-corrected chi connectivity index (χ4v) is 2.75. The summed E-state index contributed by atoms with van der Waals surface area (Å²) in [6, 6.07) is 19.3. The number of hydrogen-bond donors (Lipinski definition) is 2. The number of hydrogen-bond acceptors (Lipinski definition) is 4. The van der Waals surface area contributed by atoms with E-state index < -0.39 is 5.91 Å². The van der Waals surface area contributed by atoms with Crippen molar-refractivity contribution in [2.75, 3.05) is 13.7 Å². The maximum Gasteiger partial charge on any atom is 0.261 e. The number of aromatic nitrogens is 2. The van der Waals surface area contributed by atoms with Crippen molar-refractivity contribution >= 4 is 12.0 Å². The average molecular weight is 372 g/mol. The van der Waals surface area contributed by atoms with Gasteiger partial charge in [-0.1, -0.05) is 42.5 Å². The smallest absolute Gasteiger partial charge is 0.261 e. The van der Waals surface area contributed by atoms with E-state index >= 15 is 0 Å². The van der Waals surface area contributed by atoms with E-state index in [-0.39, 0.29) is 5.57 Å². The van der Waals surface area contributed by atoms with Gasteiger partial charge in [0.05, 0.1) is 19.0 Å². The number of carbonyl (C=O) groups is 1. The van der Waals surface area contributed by atoms with Crippen LogP contribution in [0.4, 0.5) is 0 Å². The van der Waals surface area contributed by atoms with Crippen LogP contribution in [0.25, 0.3) is 17.3 Å². The van der Waals surface area contributed by atoms with Crippen molar-refractivity contribution in [2.45, 2.75) is 6.42 Å². The summed E-state index contributed by atoms with van der Waals surface area (Å²) in [5.74, 6) is 0.382. The van der Waals surface area contributed by atoms with Gasteiger partial charge in [0.2, 0.25) is 0 Å². The van der Waals surface area contributed by atoms with Crippen LogP contribution in [0, 0.1) is 11.3 Å². The fraction of sp³-hybridized carbons (Fsp3) is 0.136. The molecule has 6 nitrogen and oxygen atoms in total. The Labute approximate surface area is 163 Å². The van der Waals surface area contributed by atoms with Gasteiger partial charge in [-0.15, -0.1) is 0 Å². The minimum Gasteiger partial charge on any atom is -0.497 e. The van der Waals surface area contributed by atoms with Gasteiger partial charge < -0.3 is 10.1 Å². The van der Waals surface area contributed by atoms with Crippen LogP contribution in [0.3, 0.4) is 0 Å². The van der Waals surface area contributed by atoms with Gasteiger partial charge in [0, 0.05) is 17.7 Å². The monoisotopic (exact) mass is 372 g/mol.